The lowest BCUT2D eigenvalue weighted by Gasteiger charge is -2.18. The zero-order valence-electron chi connectivity index (χ0n) is 12.1. The van der Waals surface area contributed by atoms with Gasteiger partial charge in [-0.15, -0.1) is 0 Å². The van der Waals surface area contributed by atoms with Crippen molar-refractivity contribution < 1.29 is 19.4 Å². The van der Waals surface area contributed by atoms with Crippen LogP contribution in [0.1, 0.15) is 13.3 Å². The summed E-state index contributed by atoms with van der Waals surface area (Å²) in [4.78, 5) is 0. The van der Waals surface area contributed by atoms with Gasteiger partial charge in [-0.05, 0) is 6.92 Å². The van der Waals surface area contributed by atoms with Gasteiger partial charge in [-0.2, -0.15) is 0 Å². The van der Waals surface area contributed by atoms with Crippen LogP contribution < -0.4 is 25.3 Å². The summed E-state index contributed by atoms with van der Waals surface area (Å²) in [6.45, 7) is 1.92. The number of amidine groups is 1. The molecule has 0 aliphatic carbocycles. The van der Waals surface area contributed by atoms with E-state index in [0.717, 1.165) is 5.69 Å². The Labute approximate surface area is 118 Å². The number of nitrogens with two attached hydrogens (primary N) is 1. The molecule has 0 amide bonds. The van der Waals surface area contributed by atoms with Gasteiger partial charge in [-0.3, -0.25) is 0 Å². The van der Waals surface area contributed by atoms with Gasteiger partial charge in [-0.25, -0.2) is 0 Å². The molecule has 1 aromatic carbocycles. The van der Waals surface area contributed by atoms with Gasteiger partial charge in [0, 0.05) is 30.3 Å². The molecule has 112 valence electrons. The van der Waals surface area contributed by atoms with Crippen LogP contribution in [0.4, 0.5) is 5.69 Å². The van der Waals surface area contributed by atoms with E-state index in [-0.39, 0.29) is 11.9 Å². The van der Waals surface area contributed by atoms with E-state index in [9.17, 15) is 0 Å². The predicted molar refractivity (Wildman–Crippen MR) is 77.2 cm³/mol. The molecule has 0 spiro atoms. The number of hydrogen-bond acceptors (Lipinski definition) is 6. The fourth-order valence-electron chi connectivity index (χ4n) is 1.85. The van der Waals surface area contributed by atoms with Gasteiger partial charge < -0.3 is 30.5 Å². The van der Waals surface area contributed by atoms with Crippen LogP contribution in [0, 0.1) is 0 Å². The minimum Gasteiger partial charge on any atom is -0.493 e. The maximum atomic E-state index is 8.56. The molecular formula is C13H21N3O4. The largest absolute Gasteiger partial charge is 0.493 e. The van der Waals surface area contributed by atoms with Gasteiger partial charge in [-0.1, -0.05) is 5.16 Å². The molecule has 0 bridgehead atoms. The highest BCUT2D eigenvalue weighted by Crippen LogP contribution is 2.40. The lowest BCUT2D eigenvalue weighted by molar-refractivity contribution is 0.316. The molecule has 1 unspecified atom stereocenters. The first-order valence-electron chi connectivity index (χ1n) is 6.08. The predicted octanol–water partition coefficient (Wildman–Crippen LogP) is 1.65. The summed E-state index contributed by atoms with van der Waals surface area (Å²) >= 11 is 0. The van der Waals surface area contributed by atoms with Crippen molar-refractivity contribution in [3.63, 3.8) is 0 Å². The van der Waals surface area contributed by atoms with Crippen LogP contribution in [0.2, 0.25) is 0 Å². The molecule has 0 aromatic heterocycles. The van der Waals surface area contributed by atoms with Gasteiger partial charge in [0.25, 0.3) is 0 Å². The van der Waals surface area contributed by atoms with Crippen LogP contribution in [0.25, 0.3) is 0 Å². The number of oxime groups is 1. The van der Waals surface area contributed by atoms with Gasteiger partial charge in [0.2, 0.25) is 5.75 Å². The second kappa shape index (κ2) is 7.32. The lowest BCUT2D eigenvalue weighted by Crippen LogP contribution is -2.24. The van der Waals surface area contributed by atoms with Crippen LogP contribution in [0.5, 0.6) is 17.2 Å². The molecule has 0 aliphatic heterocycles. The third-order valence-electron chi connectivity index (χ3n) is 2.72. The monoisotopic (exact) mass is 283 g/mol. The Bertz CT molecular complexity index is 452. The number of nitrogens with zero attached hydrogens (tertiary/aromatic N) is 1. The van der Waals surface area contributed by atoms with Crippen LogP contribution in [0.15, 0.2) is 17.3 Å². The van der Waals surface area contributed by atoms with Crippen molar-refractivity contribution in [2.45, 2.75) is 19.4 Å². The Morgan fingerprint density at radius 3 is 2.20 bits per heavy atom. The summed E-state index contributed by atoms with van der Waals surface area (Å²) < 4.78 is 15.8. The van der Waals surface area contributed by atoms with E-state index in [2.05, 4.69) is 10.5 Å². The van der Waals surface area contributed by atoms with Crippen molar-refractivity contribution in [2.24, 2.45) is 10.9 Å². The molecule has 0 aliphatic rings. The van der Waals surface area contributed by atoms with E-state index in [1.165, 1.54) is 0 Å². The smallest absolute Gasteiger partial charge is 0.203 e. The van der Waals surface area contributed by atoms with E-state index in [1.807, 2.05) is 6.92 Å². The molecule has 0 fully saturated rings. The standard InChI is InChI=1S/C13H21N3O4/c1-8(5-12(14)16-17)15-9-6-10(18-2)13(20-4)11(7-9)19-3/h6-8,15,17H,5H2,1-4H3,(H2,14,16). The Balaban J connectivity index is 2.96. The quantitative estimate of drug-likeness (QED) is 0.304. The van der Waals surface area contributed by atoms with Crippen molar-refractivity contribution in [3.05, 3.63) is 12.1 Å². The zero-order valence-corrected chi connectivity index (χ0v) is 12.1. The Morgan fingerprint density at radius 1 is 1.25 bits per heavy atom. The minimum absolute atomic E-state index is 0.0197. The highest BCUT2D eigenvalue weighted by Gasteiger charge is 2.14. The summed E-state index contributed by atoms with van der Waals surface area (Å²) in [5.74, 6) is 1.82. The lowest BCUT2D eigenvalue weighted by atomic mass is 10.2. The van der Waals surface area contributed by atoms with Crippen LogP contribution >= 0.6 is 0 Å². The summed E-state index contributed by atoms with van der Waals surface area (Å²) in [5, 5.41) is 14.7. The molecule has 0 radical (unpaired) electrons. The molecule has 7 nitrogen and oxygen atoms in total. The molecule has 1 rings (SSSR count). The number of methoxy groups -OCH3 is 3. The molecule has 4 N–H and O–H groups in total. The highest BCUT2D eigenvalue weighted by atomic mass is 16.5. The minimum atomic E-state index is -0.0197. The second-order valence-electron chi connectivity index (χ2n) is 4.25. The fourth-order valence-corrected chi connectivity index (χ4v) is 1.85. The van der Waals surface area contributed by atoms with Crippen molar-refractivity contribution in [3.8, 4) is 17.2 Å². The third-order valence-corrected chi connectivity index (χ3v) is 2.72. The van der Waals surface area contributed by atoms with E-state index >= 15 is 0 Å². The molecule has 0 saturated heterocycles. The van der Waals surface area contributed by atoms with Gasteiger partial charge in [0.15, 0.2) is 11.5 Å². The molecule has 0 saturated carbocycles. The molecule has 20 heavy (non-hydrogen) atoms. The van der Waals surface area contributed by atoms with Gasteiger partial charge in [0.1, 0.15) is 5.84 Å². The average Bonchev–Trinajstić information content (AvgIpc) is 2.45. The zero-order chi connectivity index (χ0) is 15.1. The molecule has 0 heterocycles. The third kappa shape index (κ3) is 3.84. The van der Waals surface area contributed by atoms with Crippen LogP contribution in [0.3, 0.4) is 0 Å². The van der Waals surface area contributed by atoms with Crippen molar-refractivity contribution >= 4 is 11.5 Å². The van der Waals surface area contributed by atoms with E-state index in [1.54, 1.807) is 33.5 Å². The first-order chi connectivity index (χ1) is 9.55. The van der Waals surface area contributed by atoms with Crippen molar-refractivity contribution in [1.82, 2.24) is 0 Å². The average molecular weight is 283 g/mol. The molecule has 7 heteroatoms. The Hall–Kier alpha value is -2.31. The Morgan fingerprint density at radius 2 is 1.80 bits per heavy atom. The summed E-state index contributed by atoms with van der Waals surface area (Å²) in [5.41, 5.74) is 6.27. The SMILES string of the molecule is COc1cc(NC(C)CC(N)=NO)cc(OC)c1OC. The van der Waals surface area contributed by atoms with E-state index in [4.69, 9.17) is 25.2 Å². The van der Waals surface area contributed by atoms with E-state index < -0.39 is 0 Å². The van der Waals surface area contributed by atoms with Crippen molar-refractivity contribution in [2.75, 3.05) is 26.6 Å². The summed E-state index contributed by atoms with van der Waals surface area (Å²) in [6, 6.07) is 3.57. The first kappa shape index (κ1) is 15.7. The normalized spacial score (nSPS) is 12.7. The summed E-state index contributed by atoms with van der Waals surface area (Å²) in [6.07, 6.45) is 0.410. The number of rotatable bonds is 7. The highest BCUT2D eigenvalue weighted by molar-refractivity contribution is 5.80. The van der Waals surface area contributed by atoms with Crippen LogP contribution in [-0.2, 0) is 0 Å². The number of nitrogens with one attached hydrogen (secondary N) is 1. The van der Waals surface area contributed by atoms with Gasteiger partial charge >= 0.3 is 0 Å². The van der Waals surface area contributed by atoms with Crippen LogP contribution in [-0.4, -0.2) is 38.4 Å². The molecule has 1 aromatic rings. The number of benzene rings is 1. The molecule has 1 atom stereocenters. The molecular weight excluding hydrogens is 262 g/mol. The van der Waals surface area contributed by atoms with Gasteiger partial charge in [0.05, 0.1) is 21.3 Å². The number of hydrogen-bond donors (Lipinski definition) is 3. The second-order valence-corrected chi connectivity index (χ2v) is 4.25. The van der Waals surface area contributed by atoms with E-state index in [0.29, 0.717) is 23.7 Å². The summed E-state index contributed by atoms with van der Waals surface area (Å²) in [7, 11) is 4.66. The topological polar surface area (TPSA) is 98.3 Å². The number of ether oxygens (including phenoxy) is 3. The maximum absolute atomic E-state index is 8.56. The Kier molecular flexibility index (Phi) is 5.76. The van der Waals surface area contributed by atoms with Crippen molar-refractivity contribution in [1.29, 1.82) is 0 Å². The maximum Gasteiger partial charge on any atom is 0.203 e. The fraction of sp³-hybridized carbons (Fsp3) is 0.462. The number of anilines is 1. The first-order valence-corrected chi connectivity index (χ1v) is 6.08.